The normalized spacial score (nSPS) is 18.2. The van der Waals surface area contributed by atoms with Gasteiger partial charge in [0.2, 0.25) is 0 Å². The van der Waals surface area contributed by atoms with Crippen LogP contribution in [0.5, 0.6) is 0 Å². The highest BCUT2D eigenvalue weighted by Gasteiger charge is 2.21. The zero-order valence-corrected chi connectivity index (χ0v) is 20.8. The van der Waals surface area contributed by atoms with E-state index in [2.05, 4.69) is 43.3 Å². The number of quaternary nitrogens is 1. The summed E-state index contributed by atoms with van der Waals surface area (Å²) in [6, 6.07) is 9.81. The molecule has 2 saturated heterocycles. The summed E-state index contributed by atoms with van der Waals surface area (Å²) >= 11 is 6.56. The van der Waals surface area contributed by atoms with Gasteiger partial charge in [0.15, 0.2) is 11.6 Å². The van der Waals surface area contributed by atoms with E-state index in [1.54, 1.807) is 12.4 Å². The molecule has 4 heterocycles. The van der Waals surface area contributed by atoms with E-state index in [-0.39, 0.29) is 5.82 Å². The Kier molecular flexibility index (Phi) is 7.55. The lowest BCUT2D eigenvalue weighted by molar-refractivity contribution is -0.584. The quantitative estimate of drug-likeness (QED) is 0.285. The molecule has 0 saturated carbocycles. The number of benzene rings is 1. The van der Waals surface area contributed by atoms with Crippen LogP contribution in [0.1, 0.15) is 19.0 Å². The highest BCUT2D eigenvalue weighted by Crippen LogP contribution is 2.33. The SMILES string of the molecule is CC1CCN(c2ccc(Nc3ccc(C=N[NH2+]c4ncc(F)c(N5CCOCC5)n4)nc3)cc2Cl)C1. The zero-order valence-electron chi connectivity index (χ0n) is 20.1. The molecule has 2 aliphatic rings. The number of pyridine rings is 1. The van der Waals surface area contributed by atoms with Gasteiger partial charge in [-0.15, -0.1) is 0 Å². The van der Waals surface area contributed by atoms with Gasteiger partial charge < -0.3 is 19.9 Å². The van der Waals surface area contributed by atoms with Crippen molar-refractivity contribution in [3.63, 3.8) is 0 Å². The Morgan fingerprint density at radius 3 is 2.67 bits per heavy atom. The summed E-state index contributed by atoms with van der Waals surface area (Å²) < 4.78 is 19.5. The molecule has 36 heavy (non-hydrogen) atoms. The highest BCUT2D eigenvalue weighted by atomic mass is 35.5. The smallest absolute Gasteiger partial charge is 0.354 e. The topological polar surface area (TPSA) is 95.4 Å². The van der Waals surface area contributed by atoms with Crippen molar-refractivity contribution in [3.05, 3.63) is 59.3 Å². The molecule has 11 heteroatoms. The molecule has 0 amide bonds. The first-order valence-electron chi connectivity index (χ1n) is 12.0. The van der Waals surface area contributed by atoms with E-state index >= 15 is 0 Å². The lowest BCUT2D eigenvalue weighted by atomic mass is 10.2. The van der Waals surface area contributed by atoms with Gasteiger partial charge in [0.25, 0.3) is 0 Å². The minimum atomic E-state index is -0.454. The Balaban J connectivity index is 1.18. The van der Waals surface area contributed by atoms with Crippen LogP contribution in [-0.4, -0.2) is 60.6 Å². The monoisotopic (exact) mass is 511 g/mol. The van der Waals surface area contributed by atoms with Crippen molar-refractivity contribution in [1.29, 1.82) is 0 Å². The number of ether oxygens (including phenoxy) is 1. The molecule has 0 radical (unpaired) electrons. The third-order valence-corrected chi connectivity index (χ3v) is 6.54. The fraction of sp³-hybridized carbons (Fsp3) is 0.360. The molecule has 9 nitrogen and oxygen atoms in total. The Labute approximate surface area is 214 Å². The van der Waals surface area contributed by atoms with Crippen LogP contribution >= 0.6 is 11.6 Å². The van der Waals surface area contributed by atoms with Crippen LogP contribution in [0.25, 0.3) is 0 Å². The van der Waals surface area contributed by atoms with Crippen molar-refractivity contribution in [2.75, 3.05) is 54.5 Å². The van der Waals surface area contributed by atoms with Crippen LogP contribution in [0.2, 0.25) is 5.02 Å². The van der Waals surface area contributed by atoms with Gasteiger partial charge in [0.1, 0.15) is 6.21 Å². The molecule has 1 atom stereocenters. The number of morpholine rings is 1. The molecule has 5 rings (SSSR count). The Hall–Kier alpha value is -3.34. The largest absolute Gasteiger partial charge is 0.378 e. The van der Waals surface area contributed by atoms with Gasteiger partial charge in [0.05, 0.1) is 47.7 Å². The van der Waals surface area contributed by atoms with Crippen LogP contribution in [0, 0.1) is 11.7 Å². The zero-order chi connectivity index (χ0) is 24.9. The number of nitrogens with one attached hydrogen (secondary N) is 1. The molecule has 2 aliphatic heterocycles. The molecule has 2 fully saturated rings. The van der Waals surface area contributed by atoms with E-state index in [1.165, 1.54) is 18.0 Å². The van der Waals surface area contributed by atoms with E-state index in [4.69, 9.17) is 16.3 Å². The Bertz CT molecular complexity index is 1220. The van der Waals surface area contributed by atoms with Crippen LogP contribution in [0.3, 0.4) is 0 Å². The molecule has 1 unspecified atom stereocenters. The second kappa shape index (κ2) is 11.2. The average molecular weight is 512 g/mol. The summed E-state index contributed by atoms with van der Waals surface area (Å²) in [5, 5.41) is 8.33. The van der Waals surface area contributed by atoms with E-state index in [0.717, 1.165) is 35.2 Å². The van der Waals surface area contributed by atoms with E-state index < -0.39 is 5.82 Å². The van der Waals surface area contributed by atoms with Crippen LogP contribution in [-0.2, 0) is 4.74 Å². The maximum absolute atomic E-state index is 14.2. The third kappa shape index (κ3) is 5.89. The number of anilines is 4. The van der Waals surface area contributed by atoms with Crippen molar-refractivity contribution >= 4 is 46.6 Å². The van der Waals surface area contributed by atoms with Gasteiger partial charge in [-0.3, -0.25) is 4.98 Å². The lowest BCUT2D eigenvalue weighted by Gasteiger charge is -2.27. The molecule has 0 spiro atoms. The van der Waals surface area contributed by atoms with E-state index in [0.29, 0.717) is 43.9 Å². The first-order chi connectivity index (χ1) is 17.5. The molecule has 188 valence electrons. The summed E-state index contributed by atoms with van der Waals surface area (Å²) in [7, 11) is 0. The van der Waals surface area contributed by atoms with Crippen molar-refractivity contribution in [1.82, 2.24) is 15.0 Å². The molecule has 1 aromatic carbocycles. The number of rotatable bonds is 7. The Morgan fingerprint density at radius 2 is 1.94 bits per heavy atom. The summed E-state index contributed by atoms with van der Waals surface area (Å²) in [5.74, 6) is 0.840. The van der Waals surface area contributed by atoms with Crippen LogP contribution in [0.4, 0.5) is 33.2 Å². The summed E-state index contributed by atoms with van der Waals surface area (Å²) in [6.07, 6.45) is 5.70. The van der Waals surface area contributed by atoms with Crippen molar-refractivity contribution in [2.45, 2.75) is 13.3 Å². The minimum absolute atomic E-state index is 0.270. The first-order valence-corrected chi connectivity index (χ1v) is 12.4. The maximum Gasteiger partial charge on any atom is 0.354 e. The van der Waals surface area contributed by atoms with Gasteiger partial charge >= 0.3 is 5.95 Å². The number of halogens is 2. The van der Waals surface area contributed by atoms with Gasteiger partial charge in [0, 0.05) is 31.9 Å². The van der Waals surface area contributed by atoms with Gasteiger partial charge in [-0.25, -0.2) is 4.39 Å². The predicted octanol–water partition coefficient (Wildman–Crippen LogP) is 3.32. The number of nitrogens with two attached hydrogens (primary N) is 1. The third-order valence-electron chi connectivity index (χ3n) is 6.24. The second-order valence-electron chi connectivity index (χ2n) is 9.01. The second-order valence-corrected chi connectivity index (χ2v) is 9.42. The Morgan fingerprint density at radius 1 is 1.11 bits per heavy atom. The predicted molar refractivity (Wildman–Crippen MR) is 139 cm³/mol. The van der Waals surface area contributed by atoms with Crippen LogP contribution in [0.15, 0.2) is 47.8 Å². The van der Waals surface area contributed by atoms with Gasteiger partial charge in [-0.1, -0.05) is 23.6 Å². The van der Waals surface area contributed by atoms with Crippen LogP contribution < -0.4 is 20.5 Å². The van der Waals surface area contributed by atoms with Crippen molar-refractivity contribution < 1.29 is 14.6 Å². The summed E-state index contributed by atoms with van der Waals surface area (Å²) in [4.78, 5) is 16.9. The minimum Gasteiger partial charge on any atom is -0.378 e. The lowest BCUT2D eigenvalue weighted by Crippen LogP contribution is -2.72. The highest BCUT2D eigenvalue weighted by molar-refractivity contribution is 6.33. The molecule has 2 aromatic heterocycles. The standard InChI is InChI=1S/C25H28ClFN8O/c1-17-6-7-35(16-17)23-5-4-18(12-21(23)26)31-20-3-2-19(28-13-20)14-30-33-25-29-15-22(27)24(32-25)34-8-10-36-11-9-34/h2-5,12-15,17,31H,6-11,16H2,1H3,(H,29,32,33)/p+1. The molecular weight excluding hydrogens is 483 g/mol. The van der Waals surface area contributed by atoms with E-state index in [1.807, 2.05) is 29.2 Å². The summed E-state index contributed by atoms with van der Waals surface area (Å²) in [6.45, 7) is 6.63. The summed E-state index contributed by atoms with van der Waals surface area (Å²) in [5.41, 5.74) is 4.98. The first kappa shape index (κ1) is 24.4. The number of hydrogen-bond acceptors (Lipinski definition) is 8. The molecule has 3 N–H and O–H groups in total. The van der Waals surface area contributed by atoms with Gasteiger partial charge in [-0.05, 0) is 42.7 Å². The number of nitrogens with zero attached hydrogens (tertiary/aromatic N) is 6. The molecule has 0 bridgehead atoms. The number of aromatic nitrogens is 3. The molecule has 0 aliphatic carbocycles. The maximum atomic E-state index is 14.2. The molecular formula is C25H29ClFN8O+. The molecule has 3 aromatic rings. The van der Waals surface area contributed by atoms with Crippen molar-refractivity contribution in [2.24, 2.45) is 11.0 Å². The average Bonchev–Trinajstić information content (AvgIpc) is 3.32. The fourth-order valence-electron chi connectivity index (χ4n) is 4.33. The van der Waals surface area contributed by atoms with E-state index in [9.17, 15) is 4.39 Å². The fourth-order valence-corrected chi connectivity index (χ4v) is 4.63. The number of hydrogen-bond donors (Lipinski definition) is 2. The van der Waals surface area contributed by atoms with Gasteiger partial charge in [-0.2, -0.15) is 15.4 Å². The van der Waals surface area contributed by atoms with Crippen molar-refractivity contribution in [3.8, 4) is 0 Å².